The van der Waals surface area contributed by atoms with Crippen LogP contribution in [-0.2, 0) is 5.54 Å². The number of rotatable bonds is 4. The molecule has 0 aliphatic heterocycles. The van der Waals surface area contributed by atoms with Crippen LogP contribution < -0.4 is 10.5 Å². The van der Waals surface area contributed by atoms with Crippen molar-refractivity contribution in [1.82, 2.24) is 9.97 Å². The number of hydrogen-bond acceptors (Lipinski definition) is 3. The number of nitrogens with one attached hydrogen (secondary N) is 1. The van der Waals surface area contributed by atoms with E-state index in [1.165, 1.54) is 0 Å². The molecule has 1 heterocycles. The van der Waals surface area contributed by atoms with Crippen molar-refractivity contribution in [2.24, 2.45) is 5.73 Å². The summed E-state index contributed by atoms with van der Waals surface area (Å²) in [6.07, 6.45) is 3.89. The van der Waals surface area contributed by atoms with Gasteiger partial charge in [-0.25, -0.2) is 4.98 Å². The summed E-state index contributed by atoms with van der Waals surface area (Å²) >= 11 is 0. The van der Waals surface area contributed by atoms with Crippen molar-refractivity contribution in [2.75, 3.05) is 6.61 Å². The van der Waals surface area contributed by atoms with Gasteiger partial charge in [0.2, 0.25) is 0 Å². The molecule has 4 heteroatoms. The monoisotopic (exact) mass is 257 g/mol. The SMILES string of the molecule is CCOc1ccc(-c2cnc(C3(N)CC3)[nH]2)cc1C. The van der Waals surface area contributed by atoms with E-state index in [1.807, 2.05) is 25.3 Å². The van der Waals surface area contributed by atoms with Crippen LogP contribution >= 0.6 is 0 Å². The van der Waals surface area contributed by atoms with Crippen LogP contribution in [-0.4, -0.2) is 16.6 Å². The molecule has 3 rings (SSSR count). The van der Waals surface area contributed by atoms with Gasteiger partial charge in [0.15, 0.2) is 0 Å². The first-order valence-electron chi connectivity index (χ1n) is 6.70. The number of aryl methyl sites for hydroxylation is 1. The summed E-state index contributed by atoms with van der Waals surface area (Å²) in [4.78, 5) is 7.74. The zero-order valence-electron chi connectivity index (χ0n) is 11.4. The summed E-state index contributed by atoms with van der Waals surface area (Å²) in [6.45, 7) is 4.73. The second kappa shape index (κ2) is 4.38. The number of imidazole rings is 1. The molecule has 0 spiro atoms. The minimum absolute atomic E-state index is 0.210. The van der Waals surface area contributed by atoms with Gasteiger partial charge in [0.05, 0.1) is 24.0 Å². The largest absolute Gasteiger partial charge is 0.494 e. The fourth-order valence-electron chi connectivity index (χ4n) is 2.23. The Labute approximate surface area is 113 Å². The first kappa shape index (κ1) is 12.2. The highest BCUT2D eigenvalue weighted by Crippen LogP contribution is 2.41. The van der Waals surface area contributed by atoms with E-state index in [-0.39, 0.29) is 5.54 Å². The maximum Gasteiger partial charge on any atom is 0.126 e. The average molecular weight is 257 g/mol. The number of H-pyrrole nitrogens is 1. The van der Waals surface area contributed by atoms with E-state index >= 15 is 0 Å². The lowest BCUT2D eigenvalue weighted by Crippen LogP contribution is -2.20. The third-order valence-corrected chi connectivity index (χ3v) is 3.62. The second-order valence-electron chi connectivity index (χ2n) is 5.21. The Balaban J connectivity index is 1.89. The number of benzene rings is 1. The summed E-state index contributed by atoms with van der Waals surface area (Å²) in [6, 6.07) is 6.16. The zero-order chi connectivity index (χ0) is 13.5. The number of nitrogens with two attached hydrogens (primary N) is 1. The number of aromatic amines is 1. The third kappa shape index (κ3) is 2.24. The summed E-state index contributed by atoms with van der Waals surface area (Å²) in [5.41, 5.74) is 9.19. The molecule has 1 aliphatic rings. The molecular formula is C15H19N3O. The highest BCUT2D eigenvalue weighted by molar-refractivity contribution is 5.61. The summed E-state index contributed by atoms with van der Waals surface area (Å²) in [5, 5.41) is 0. The van der Waals surface area contributed by atoms with Crippen molar-refractivity contribution in [1.29, 1.82) is 0 Å². The molecule has 100 valence electrons. The van der Waals surface area contributed by atoms with E-state index in [9.17, 15) is 0 Å². The number of ether oxygens (including phenoxy) is 1. The van der Waals surface area contributed by atoms with Gasteiger partial charge in [-0.1, -0.05) is 0 Å². The Morgan fingerprint density at radius 2 is 2.21 bits per heavy atom. The molecule has 1 fully saturated rings. The molecule has 3 N–H and O–H groups in total. The Kier molecular flexibility index (Phi) is 2.82. The molecule has 0 amide bonds. The molecule has 0 unspecified atom stereocenters. The van der Waals surface area contributed by atoms with E-state index in [4.69, 9.17) is 10.5 Å². The summed E-state index contributed by atoms with van der Waals surface area (Å²) in [5.74, 6) is 1.83. The maximum absolute atomic E-state index is 6.14. The first-order valence-corrected chi connectivity index (χ1v) is 6.70. The Bertz CT molecular complexity index is 599. The lowest BCUT2D eigenvalue weighted by Gasteiger charge is -2.08. The quantitative estimate of drug-likeness (QED) is 0.885. The van der Waals surface area contributed by atoms with Crippen molar-refractivity contribution in [2.45, 2.75) is 32.2 Å². The highest BCUT2D eigenvalue weighted by Gasteiger charge is 2.42. The van der Waals surface area contributed by atoms with Gasteiger partial charge in [0, 0.05) is 5.56 Å². The maximum atomic E-state index is 6.14. The minimum Gasteiger partial charge on any atom is -0.494 e. The van der Waals surface area contributed by atoms with Gasteiger partial charge in [-0.3, -0.25) is 0 Å². The van der Waals surface area contributed by atoms with Gasteiger partial charge in [-0.2, -0.15) is 0 Å². The molecule has 0 radical (unpaired) electrons. The lowest BCUT2D eigenvalue weighted by molar-refractivity contribution is 0.338. The molecule has 19 heavy (non-hydrogen) atoms. The first-order chi connectivity index (χ1) is 9.12. The average Bonchev–Trinajstić information content (AvgIpc) is 2.95. The molecule has 1 aliphatic carbocycles. The normalized spacial score (nSPS) is 16.4. The van der Waals surface area contributed by atoms with Crippen molar-refractivity contribution >= 4 is 0 Å². The second-order valence-corrected chi connectivity index (χ2v) is 5.21. The molecule has 0 atom stereocenters. The van der Waals surface area contributed by atoms with Crippen LogP contribution in [0.25, 0.3) is 11.3 Å². The van der Waals surface area contributed by atoms with Crippen LogP contribution in [0.4, 0.5) is 0 Å². The fraction of sp³-hybridized carbons (Fsp3) is 0.400. The number of aromatic nitrogens is 2. The van der Waals surface area contributed by atoms with E-state index in [0.29, 0.717) is 6.61 Å². The van der Waals surface area contributed by atoms with Crippen LogP contribution in [0.15, 0.2) is 24.4 Å². The molecule has 1 saturated carbocycles. The molecular weight excluding hydrogens is 238 g/mol. The highest BCUT2D eigenvalue weighted by atomic mass is 16.5. The third-order valence-electron chi connectivity index (χ3n) is 3.62. The van der Waals surface area contributed by atoms with Crippen LogP contribution in [0.3, 0.4) is 0 Å². The van der Waals surface area contributed by atoms with Crippen molar-refractivity contribution in [3.63, 3.8) is 0 Å². The van der Waals surface area contributed by atoms with Gasteiger partial charge in [-0.15, -0.1) is 0 Å². The summed E-state index contributed by atoms with van der Waals surface area (Å²) < 4.78 is 5.55. The predicted octanol–water partition coefficient (Wildman–Crippen LogP) is 2.73. The fourth-order valence-corrected chi connectivity index (χ4v) is 2.23. The molecule has 0 bridgehead atoms. The van der Waals surface area contributed by atoms with Crippen molar-refractivity contribution in [3.8, 4) is 17.0 Å². The smallest absolute Gasteiger partial charge is 0.126 e. The molecule has 2 aromatic rings. The van der Waals surface area contributed by atoms with Gasteiger partial charge in [-0.05, 0) is 50.5 Å². The van der Waals surface area contributed by atoms with E-state index in [1.54, 1.807) is 0 Å². The topological polar surface area (TPSA) is 63.9 Å². The molecule has 1 aromatic heterocycles. The standard InChI is InChI=1S/C15H19N3O/c1-3-19-13-5-4-11(8-10(13)2)12-9-17-14(18-12)15(16)6-7-15/h4-5,8-9H,3,6-7,16H2,1-2H3,(H,17,18). The van der Waals surface area contributed by atoms with Crippen molar-refractivity contribution in [3.05, 3.63) is 35.8 Å². The van der Waals surface area contributed by atoms with Gasteiger partial charge in [0.1, 0.15) is 11.6 Å². The van der Waals surface area contributed by atoms with Crippen LogP contribution in [0.2, 0.25) is 0 Å². The van der Waals surface area contributed by atoms with Gasteiger partial charge in [0.25, 0.3) is 0 Å². The van der Waals surface area contributed by atoms with Gasteiger partial charge < -0.3 is 15.5 Å². The Morgan fingerprint density at radius 1 is 1.42 bits per heavy atom. The summed E-state index contributed by atoms with van der Waals surface area (Å²) in [7, 11) is 0. The number of nitrogens with zero attached hydrogens (tertiary/aromatic N) is 1. The molecule has 0 saturated heterocycles. The Hall–Kier alpha value is -1.81. The van der Waals surface area contributed by atoms with Crippen molar-refractivity contribution < 1.29 is 4.74 Å². The van der Waals surface area contributed by atoms with Crippen LogP contribution in [0, 0.1) is 6.92 Å². The number of hydrogen-bond donors (Lipinski definition) is 2. The van der Waals surface area contributed by atoms with Gasteiger partial charge >= 0.3 is 0 Å². The predicted molar refractivity (Wildman–Crippen MR) is 75.0 cm³/mol. The van der Waals surface area contributed by atoms with Crippen LogP contribution in [0.5, 0.6) is 5.75 Å². The van der Waals surface area contributed by atoms with E-state index in [0.717, 1.165) is 41.2 Å². The molecule has 1 aromatic carbocycles. The van der Waals surface area contributed by atoms with Crippen LogP contribution in [0.1, 0.15) is 31.2 Å². The lowest BCUT2D eigenvalue weighted by atomic mass is 10.1. The minimum atomic E-state index is -0.210. The molecule has 4 nitrogen and oxygen atoms in total. The Morgan fingerprint density at radius 3 is 2.84 bits per heavy atom. The van der Waals surface area contributed by atoms with E-state index < -0.39 is 0 Å². The van der Waals surface area contributed by atoms with E-state index in [2.05, 4.69) is 23.0 Å². The zero-order valence-corrected chi connectivity index (χ0v) is 11.4.